The molecule has 2 heteroatoms. The first-order valence-corrected chi connectivity index (χ1v) is 7.79. The molecular weight excluding hydrogens is 244 g/mol. The Hall–Kier alpha value is -1.70. The maximum atomic E-state index is 6.16. The Labute approximate surface area is 122 Å². The Balaban J connectivity index is 1.99. The molecule has 0 spiro atoms. The van der Waals surface area contributed by atoms with Gasteiger partial charge in [-0.2, -0.15) is 0 Å². The number of hydrogen-bond donors (Lipinski definition) is 2. The fraction of sp³-hybridized carbons (Fsp3) is 0.444. The molecule has 0 aromatic heterocycles. The summed E-state index contributed by atoms with van der Waals surface area (Å²) in [6.45, 7) is 2.25. The molecular formula is C18H26N2. The number of benzene rings is 2. The lowest BCUT2D eigenvalue weighted by Crippen LogP contribution is -1.96. The fourth-order valence-electron chi connectivity index (χ4n) is 2.72. The van der Waals surface area contributed by atoms with Crippen molar-refractivity contribution in [2.45, 2.75) is 51.9 Å². The molecule has 0 bridgehead atoms. The summed E-state index contributed by atoms with van der Waals surface area (Å²) in [7, 11) is 0. The highest BCUT2D eigenvalue weighted by Crippen LogP contribution is 2.27. The van der Waals surface area contributed by atoms with Gasteiger partial charge in [-0.05, 0) is 42.0 Å². The van der Waals surface area contributed by atoms with Gasteiger partial charge in [-0.15, -0.1) is 0 Å². The fourth-order valence-corrected chi connectivity index (χ4v) is 2.72. The topological polar surface area (TPSA) is 52.0 Å². The highest BCUT2D eigenvalue weighted by atomic mass is 14.6. The summed E-state index contributed by atoms with van der Waals surface area (Å²) in [6.07, 6.45) is 8.92. The highest BCUT2D eigenvalue weighted by Gasteiger charge is 2.04. The quantitative estimate of drug-likeness (QED) is 0.555. The molecule has 0 radical (unpaired) electrons. The van der Waals surface area contributed by atoms with E-state index in [1.807, 2.05) is 12.1 Å². The third-order valence-electron chi connectivity index (χ3n) is 3.97. The van der Waals surface area contributed by atoms with Gasteiger partial charge in [0.25, 0.3) is 0 Å². The second-order valence-electron chi connectivity index (χ2n) is 5.64. The van der Waals surface area contributed by atoms with Crippen molar-refractivity contribution in [3.63, 3.8) is 0 Å². The van der Waals surface area contributed by atoms with Crippen LogP contribution in [0.5, 0.6) is 0 Å². The number of fused-ring (bicyclic) bond motifs is 1. The SMILES string of the molecule is CCCCCCCCc1cc2c(N)cccc2cc1N. The van der Waals surface area contributed by atoms with Gasteiger partial charge in [0, 0.05) is 16.8 Å². The number of anilines is 2. The molecule has 0 atom stereocenters. The van der Waals surface area contributed by atoms with Crippen molar-refractivity contribution in [1.29, 1.82) is 0 Å². The van der Waals surface area contributed by atoms with Crippen LogP contribution in [0.4, 0.5) is 11.4 Å². The predicted molar refractivity (Wildman–Crippen MR) is 89.9 cm³/mol. The lowest BCUT2D eigenvalue weighted by Gasteiger charge is -2.09. The van der Waals surface area contributed by atoms with Gasteiger partial charge in [0.1, 0.15) is 0 Å². The van der Waals surface area contributed by atoms with Crippen LogP contribution in [0.25, 0.3) is 10.8 Å². The second-order valence-corrected chi connectivity index (χ2v) is 5.64. The largest absolute Gasteiger partial charge is 0.398 e. The van der Waals surface area contributed by atoms with Gasteiger partial charge in [0.2, 0.25) is 0 Å². The highest BCUT2D eigenvalue weighted by molar-refractivity contribution is 5.95. The molecule has 2 nitrogen and oxygen atoms in total. The standard InChI is InChI=1S/C18H26N2/c1-2-3-4-5-6-7-9-15-12-16-14(13-18(15)20)10-8-11-17(16)19/h8,10-13H,2-7,9,19-20H2,1H3. The zero-order valence-corrected chi connectivity index (χ0v) is 12.5. The van der Waals surface area contributed by atoms with E-state index in [1.165, 1.54) is 44.1 Å². The molecule has 0 amide bonds. The van der Waals surface area contributed by atoms with Crippen molar-refractivity contribution in [3.8, 4) is 0 Å². The second kappa shape index (κ2) is 7.18. The van der Waals surface area contributed by atoms with Crippen LogP contribution in [0.3, 0.4) is 0 Å². The molecule has 2 aromatic carbocycles. The van der Waals surface area contributed by atoms with E-state index in [2.05, 4.69) is 25.1 Å². The summed E-state index contributed by atoms with van der Waals surface area (Å²) in [4.78, 5) is 0. The Bertz CT molecular complexity index is 561. The molecule has 2 aromatic rings. The lowest BCUT2D eigenvalue weighted by atomic mass is 9.99. The molecule has 20 heavy (non-hydrogen) atoms. The monoisotopic (exact) mass is 270 g/mol. The van der Waals surface area contributed by atoms with E-state index in [-0.39, 0.29) is 0 Å². The first kappa shape index (κ1) is 14.7. The number of aryl methyl sites for hydroxylation is 1. The molecule has 0 saturated carbocycles. The summed E-state index contributed by atoms with van der Waals surface area (Å²) in [5.41, 5.74) is 15.2. The first-order chi connectivity index (χ1) is 9.72. The summed E-state index contributed by atoms with van der Waals surface area (Å²) >= 11 is 0. The van der Waals surface area contributed by atoms with Crippen molar-refractivity contribution in [2.24, 2.45) is 0 Å². The van der Waals surface area contributed by atoms with Crippen molar-refractivity contribution in [3.05, 3.63) is 35.9 Å². The molecule has 0 aliphatic rings. The Morgan fingerprint density at radius 3 is 2.40 bits per heavy atom. The Morgan fingerprint density at radius 2 is 1.60 bits per heavy atom. The Kier molecular flexibility index (Phi) is 5.28. The molecule has 0 aliphatic carbocycles. The number of nitrogens with two attached hydrogens (primary N) is 2. The predicted octanol–water partition coefficient (Wildman–Crippen LogP) is 4.91. The van der Waals surface area contributed by atoms with Gasteiger partial charge >= 0.3 is 0 Å². The molecule has 4 N–H and O–H groups in total. The summed E-state index contributed by atoms with van der Waals surface area (Å²) in [5.74, 6) is 0. The van der Waals surface area contributed by atoms with Gasteiger partial charge < -0.3 is 11.5 Å². The van der Waals surface area contributed by atoms with Gasteiger partial charge in [-0.25, -0.2) is 0 Å². The molecule has 108 valence electrons. The van der Waals surface area contributed by atoms with Crippen LogP contribution in [0, 0.1) is 0 Å². The molecule has 0 aliphatic heterocycles. The molecule has 0 fully saturated rings. The van der Waals surface area contributed by atoms with E-state index in [1.54, 1.807) is 0 Å². The van der Waals surface area contributed by atoms with Crippen molar-refractivity contribution in [2.75, 3.05) is 11.5 Å². The van der Waals surface area contributed by atoms with Crippen LogP contribution < -0.4 is 11.5 Å². The smallest absolute Gasteiger partial charge is 0.0393 e. The third kappa shape index (κ3) is 3.66. The van der Waals surface area contributed by atoms with Gasteiger partial charge in [-0.3, -0.25) is 0 Å². The molecule has 2 rings (SSSR count). The Morgan fingerprint density at radius 1 is 0.850 bits per heavy atom. The van der Waals surface area contributed by atoms with Crippen LogP contribution >= 0.6 is 0 Å². The average Bonchev–Trinajstić information content (AvgIpc) is 2.44. The van der Waals surface area contributed by atoms with E-state index in [0.29, 0.717) is 0 Å². The van der Waals surface area contributed by atoms with Gasteiger partial charge in [0.05, 0.1) is 0 Å². The number of rotatable bonds is 7. The van der Waals surface area contributed by atoms with Crippen LogP contribution in [0.15, 0.2) is 30.3 Å². The van der Waals surface area contributed by atoms with E-state index >= 15 is 0 Å². The van der Waals surface area contributed by atoms with Crippen molar-refractivity contribution >= 4 is 22.1 Å². The summed E-state index contributed by atoms with van der Waals surface area (Å²) in [6, 6.07) is 10.2. The van der Waals surface area contributed by atoms with Crippen LogP contribution in [0.2, 0.25) is 0 Å². The van der Waals surface area contributed by atoms with E-state index in [9.17, 15) is 0 Å². The maximum Gasteiger partial charge on any atom is 0.0393 e. The molecule has 0 heterocycles. The number of hydrogen-bond acceptors (Lipinski definition) is 2. The maximum absolute atomic E-state index is 6.16. The zero-order valence-electron chi connectivity index (χ0n) is 12.5. The third-order valence-corrected chi connectivity index (χ3v) is 3.97. The van der Waals surface area contributed by atoms with Gasteiger partial charge in [-0.1, -0.05) is 51.2 Å². The van der Waals surface area contributed by atoms with E-state index in [4.69, 9.17) is 11.5 Å². The minimum atomic E-state index is 0.840. The van der Waals surface area contributed by atoms with E-state index in [0.717, 1.165) is 28.6 Å². The summed E-state index contributed by atoms with van der Waals surface area (Å²) < 4.78 is 0. The minimum Gasteiger partial charge on any atom is -0.398 e. The van der Waals surface area contributed by atoms with E-state index < -0.39 is 0 Å². The normalized spacial score (nSPS) is 11.1. The van der Waals surface area contributed by atoms with Gasteiger partial charge in [0.15, 0.2) is 0 Å². The molecule has 0 unspecified atom stereocenters. The lowest BCUT2D eigenvalue weighted by molar-refractivity contribution is 0.608. The molecule has 0 saturated heterocycles. The minimum absolute atomic E-state index is 0.840. The number of nitrogen functional groups attached to an aromatic ring is 2. The van der Waals surface area contributed by atoms with Crippen molar-refractivity contribution in [1.82, 2.24) is 0 Å². The zero-order chi connectivity index (χ0) is 14.4. The average molecular weight is 270 g/mol. The number of unbranched alkanes of at least 4 members (excludes halogenated alkanes) is 5. The first-order valence-electron chi connectivity index (χ1n) is 7.79. The van der Waals surface area contributed by atoms with Crippen LogP contribution in [-0.4, -0.2) is 0 Å². The van der Waals surface area contributed by atoms with Crippen LogP contribution in [0.1, 0.15) is 51.0 Å². The van der Waals surface area contributed by atoms with Crippen LogP contribution in [-0.2, 0) is 6.42 Å². The summed E-state index contributed by atoms with van der Waals surface area (Å²) in [5, 5.41) is 2.26. The van der Waals surface area contributed by atoms with Crippen molar-refractivity contribution < 1.29 is 0 Å².